The molecule has 112 valence electrons. The number of nitrogens with one attached hydrogen (secondary N) is 1. The Morgan fingerprint density at radius 2 is 1.90 bits per heavy atom. The molecule has 0 aliphatic heterocycles. The number of aryl methyl sites for hydroxylation is 2. The van der Waals surface area contributed by atoms with E-state index >= 15 is 0 Å². The third-order valence-corrected chi connectivity index (χ3v) is 3.42. The summed E-state index contributed by atoms with van der Waals surface area (Å²) < 4.78 is 1.73. The first kappa shape index (κ1) is 15.8. The van der Waals surface area contributed by atoms with E-state index in [-0.39, 0.29) is 11.8 Å². The minimum absolute atomic E-state index is 0.124. The molecule has 0 aliphatic carbocycles. The third kappa shape index (κ3) is 4.19. The number of anilines is 1. The summed E-state index contributed by atoms with van der Waals surface area (Å²) in [5.41, 5.74) is 0.579. The molecule has 0 radical (unpaired) electrons. The maximum atomic E-state index is 12.2. The van der Waals surface area contributed by atoms with Crippen molar-refractivity contribution < 1.29 is 4.79 Å². The van der Waals surface area contributed by atoms with E-state index in [0.717, 1.165) is 5.82 Å². The fourth-order valence-corrected chi connectivity index (χ4v) is 2.49. The highest BCUT2D eigenvalue weighted by Crippen LogP contribution is 2.23. The zero-order valence-electron chi connectivity index (χ0n) is 12.0. The van der Waals surface area contributed by atoms with Gasteiger partial charge in [-0.3, -0.25) is 4.79 Å². The number of halogens is 2. The van der Waals surface area contributed by atoms with Gasteiger partial charge in [-0.15, -0.1) is 0 Å². The molecular formula is C14H16Cl2N4O. The zero-order chi connectivity index (χ0) is 15.6. The van der Waals surface area contributed by atoms with Crippen LogP contribution in [0, 0.1) is 19.8 Å². The largest absolute Gasteiger partial charge is 0.326 e. The first-order valence-corrected chi connectivity index (χ1v) is 7.25. The van der Waals surface area contributed by atoms with E-state index in [2.05, 4.69) is 15.4 Å². The molecule has 1 N–H and O–H groups in total. The molecule has 0 saturated carbocycles. The monoisotopic (exact) mass is 326 g/mol. The van der Waals surface area contributed by atoms with E-state index in [4.69, 9.17) is 23.2 Å². The van der Waals surface area contributed by atoms with Crippen LogP contribution in [0.2, 0.25) is 10.0 Å². The summed E-state index contributed by atoms with van der Waals surface area (Å²) in [6.45, 7) is 5.98. The normalized spacial score (nSPS) is 12.2. The SMILES string of the molecule is Cc1nc(C)n(CC(C)C(=O)Nc2cc(Cl)cc(Cl)c2)n1. The Hall–Kier alpha value is -1.59. The molecular weight excluding hydrogens is 311 g/mol. The molecule has 5 nitrogen and oxygen atoms in total. The molecule has 2 rings (SSSR count). The van der Waals surface area contributed by atoms with Gasteiger partial charge in [0.1, 0.15) is 11.6 Å². The summed E-state index contributed by atoms with van der Waals surface area (Å²) in [6, 6.07) is 4.93. The number of carbonyl (C=O) groups excluding carboxylic acids is 1. The van der Waals surface area contributed by atoms with Crippen molar-refractivity contribution in [1.82, 2.24) is 14.8 Å². The lowest BCUT2D eigenvalue weighted by Crippen LogP contribution is -2.25. The molecule has 1 aromatic carbocycles. The summed E-state index contributed by atoms with van der Waals surface area (Å²) >= 11 is 11.8. The highest BCUT2D eigenvalue weighted by Gasteiger charge is 2.16. The molecule has 1 aromatic heterocycles. The van der Waals surface area contributed by atoms with Crippen molar-refractivity contribution in [3.8, 4) is 0 Å². The van der Waals surface area contributed by atoms with E-state index in [1.807, 2.05) is 20.8 Å². The molecule has 0 bridgehead atoms. The van der Waals surface area contributed by atoms with E-state index in [9.17, 15) is 4.79 Å². The summed E-state index contributed by atoms with van der Waals surface area (Å²) in [5, 5.41) is 8.01. The van der Waals surface area contributed by atoms with Gasteiger partial charge in [-0.1, -0.05) is 30.1 Å². The summed E-state index contributed by atoms with van der Waals surface area (Å²) in [5.74, 6) is 1.10. The smallest absolute Gasteiger partial charge is 0.229 e. The molecule has 1 heterocycles. The average Bonchev–Trinajstić information content (AvgIpc) is 2.66. The molecule has 0 fully saturated rings. The first-order chi connectivity index (χ1) is 9.85. The van der Waals surface area contributed by atoms with Crippen LogP contribution in [0.4, 0.5) is 5.69 Å². The summed E-state index contributed by atoms with van der Waals surface area (Å²) in [4.78, 5) is 16.4. The number of nitrogens with zero attached hydrogens (tertiary/aromatic N) is 3. The lowest BCUT2D eigenvalue weighted by molar-refractivity contribution is -0.119. The van der Waals surface area contributed by atoms with Gasteiger partial charge in [0.05, 0.1) is 12.5 Å². The van der Waals surface area contributed by atoms with Gasteiger partial charge in [-0.2, -0.15) is 5.10 Å². The Labute approximate surface area is 133 Å². The second-order valence-electron chi connectivity index (χ2n) is 4.94. The number of amides is 1. The van der Waals surface area contributed by atoms with Crippen LogP contribution in [0.5, 0.6) is 0 Å². The number of hydrogen-bond acceptors (Lipinski definition) is 3. The lowest BCUT2D eigenvalue weighted by Gasteiger charge is -2.13. The Bertz CT molecular complexity index is 649. The van der Waals surface area contributed by atoms with Gasteiger partial charge in [0, 0.05) is 15.7 Å². The average molecular weight is 327 g/mol. The van der Waals surface area contributed by atoms with Crippen LogP contribution in [-0.4, -0.2) is 20.7 Å². The first-order valence-electron chi connectivity index (χ1n) is 6.50. The van der Waals surface area contributed by atoms with Crippen molar-refractivity contribution in [2.24, 2.45) is 5.92 Å². The van der Waals surface area contributed by atoms with Crippen molar-refractivity contribution in [3.63, 3.8) is 0 Å². The molecule has 21 heavy (non-hydrogen) atoms. The number of benzene rings is 1. The third-order valence-electron chi connectivity index (χ3n) is 2.99. The van der Waals surface area contributed by atoms with Crippen molar-refractivity contribution in [3.05, 3.63) is 39.9 Å². The molecule has 7 heteroatoms. The van der Waals surface area contributed by atoms with Gasteiger partial charge in [0.2, 0.25) is 5.91 Å². The van der Waals surface area contributed by atoms with E-state index in [1.54, 1.807) is 22.9 Å². The van der Waals surface area contributed by atoms with Crippen molar-refractivity contribution >= 4 is 34.8 Å². The quantitative estimate of drug-likeness (QED) is 0.935. The zero-order valence-corrected chi connectivity index (χ0v) is 13.5. The molecule has 0 saturated heterocycles. The number of hydrogen-bond donors (Lipinski definition) is 1. The maximum Gasteiger partial charge on any atom is 0.229 e. The van der Waals surface area contributed by atoms with Crippen molar-refractivity contribution in [1.29, 1.82) is 0 Å². The van der Waals surface area contributed by atoms with Gasteiger partial charge in [-0.25, -0.2) is 9.67 Å². The van der Waals surface area contributed by atoms with E-state index < -0.39 is 0 Å². The van der Waals surface area contributed by atoms with Crippen molar-refractivity contribution in [2.75, 3.05) is 5.32 Å². The fourth-order valence-electron chi connectivity index (χ4n) is 1.97. The van der Waals surface area contributed by atoms with Crippen LogP contribution >= 0.6 is 23.2 Å². The minimum atomic E-state index is -0.262. The Balaban J connectivity index is 2.04. The van der Waals surface area contributed by atoms with Crippen LogP contribution in [0.3, 0.4) is 0 Å². The highest BCUT2D eigenvalue weighted by atomic mass is 35.5. The Morgan fingerprint density at radius 1 is 1.29 bits per heavy atom. The van der Waals surface area contributed by atoms with Gasteiger partial charge in [0.15, 0.2) is 0 Å². The molecule has 0 spiro atoms. The second kappa shape index (κ2) is 6.45. The predicted molar refractivity (Wildman–Crippen MR) is 83.8 cm³/mol. The molecule has 1 unspecified atom stereocenters. The molecule has 1 atom stereocenters. The van der Waals surface area contributed by atoms with Gasteiger partial charge in [0.25, 0.3) is 0 Å². The predicted octanol–water partition coefficient (Wildman–Crippen LogP) is 3.48. The van der Waals surface area contributed by atoms with Crippen LogP contribution in [0.1, 0.15) is 18.6 Å². The van der Waals surface area contributed by atoms with Gasteiger partial charge in [-0.05, 0) is 32.0 Å². The summed E-state index contributed by atoms with van der Waals surface area (Å²) in [7, 11) is 0. The van der Waals surface area contributed by atoms with E-state index in [0.29, 0.717) is 28.1 Å². The highest BCUT2D eigenvalue weighted by molar-refractivity contribution is 6.35. The molecule has 2 aromatic rings. The van der Waals surface area contributed by atoms with Gasteiger partial charge < -0.3 is 5.32 Å². The topological polar surface area (TPSA) is 59.8 Å². The summed E-state index contributed by atoms with van der Waals surface area (Å²) in [6.07, 6.45) is 0. The van der Waals surface area contributed by atoms with Crippen molar-refractivity contribution in [2.45, 2.75) is 27.3 Å². The van der Waals surface area contributed by atoms with Gasteiger partial charge >= 0.3 is 0 Å². The number of rotatable bonds is 4. The molecule has 0 aliphatic rings. The fraction of sp³-hybridized carbons (Fsp3) is 0.357. The maximum absolute atomic E-state index is 12.2. The number of aromatic nitrogens is 3. The van der Waals surface area contributed by atoms with Crippen LogP contribution in [-0.2, 0) is 11.3 Å². The standard InChI is InChI=1S/C14H16Cl2N4O/c1-8(7-20-10(3)17-9(2)19-20)14(21)18-13-5-11(15)4-12(16)6-13/h4-6,8H,7H2,1-3H3,(H,18,21). The van der Waals surface area contributed by atoms with E-state index in [1.165, 1.54) is 0 Å². The minimum Gasteiger partial charge on any atom is -0.326 e. The Kier molecular flexibility index (Phi) is 4.85. The lowest BCUT2D eigenvalue weighted by atomic mass is 10.1. The van der Waals surface area contributed by atoms with Crippen LogP contribution in [0.25, 0.3) is 0 Å². The number of carbonyl (C=O) groups is 1. The second-order valence-corrected chi connectivity index (χ2v) is 5.81. The van der Waals surface area contributed by atoms with Crippen LogP contribution < -0.4 is 5.32 Å². The van der Waals surface area contributed by atoms with Crippen LogP contribution in [0.15, 0.2) is 18.2 Å². The molecule has 1 amide bonds. The Morgan fingerprint density at radius 3 is 2.43 bits per heavy atom.